The summed E-state index contributed by atoms with van der Waals surface area (Å²) in [6, 6.07) is 12.6. The van der Waals surface area contributed by atoms with Crippen molar-refractivity contribution in [1.29, 1.82) is 0 Å². The molecule has 0 radical (unpaired) electrons. The molecule has 0 aliphatic heterocycles. The van der Waals surface area contributed by atoms with E-state index in [0.29, 0.717) is 16.7 Å². The van der Waals surface area contributed by atoms with Gasteiger partial charge in [0.1, 0.15) is 5.69 Å². The summed E-state index contributed by atoms with van der Waals surface area (Å²) in [6.07, 6.45) is 0. The second kappa shape index (κ2) is 7.92. The van der Waals surface area contributed by atoms with Crippen molar-refractivity contribution in [2.75, 3.05) is 5.32 Å². The van der Waals surface area contributed by atoms with Crippen molar-refractivity contribution in [2.24, 2.45) is 0 Å². The number of hydrogen-bond acceptors (Lipinski definition) is 7. The quantitative estimate of drug-likeness (QED) is 0.217. The number of rotatable bonds is 5. The average Bonchev–Trinajstić information content (AvgIpc) is 2.71. The first kappa shape index (κ1) is 20.3. The first-order valence-electron chi connectivity index (χ1n) is 8.63. The van der Waals surface area contributed by atoms with Crippen molar-refractivity contribution in [1.82, 2.24) is 0 Å². The Hall–Kier alpha value is -4.40. The van der Waals surface area contributed by atoms with E-state index in [1.165, 1.54) is 19.1 Å². The third-order valence-corrected chi connectivity index (χ3v) is 4.38. The van der Waals surface area contributed by atoms with E-state index in [1.807, 2.05) is 0 Å². The number of carbonyl (C=O) groups is 2. The minimum absolute atomic E-state index is 0.108. The number of Topliss-reactive ketones (excluding diaryl/α,β-unsaturated/α-hetero) is 1. The van der Waals surface area contributed by atoms with Crippen molar-refractivity contribution in [3.63, 3.8) is 0 Å². The molecule has 0 aliphatic rings. The SMILES string of the molecule is CC(=O)c1cccc(-c2ccc(NC(=O)c3cc(O)c(O)c(O)c3)c([N+](=O)[O-])c2)c1. The van der Waals surface area contributed by atoms with Crippen LogP contribution in [0.3, 0.4) is 0 Å². The van der Waals surface area contributed by atoms with Crippen LogP contribution in [0, 0.1) is 10.1 Å². The lowest BCUT2D eigenvalue weighted by atomic mass is 10.0. The van der Waals surface area contributed by atoms with Crippen molar-refractivity contribution in [3.05, 3.63) is 75.8 Å². The molecule has 3 aromatic rings. The Morgan fingerprint density at radius 2 is 1.53 bits per heavy atom. The molecule has 9 nitrogen and oxygen atoms in total. The Morgan fingerprint density at radius 1 is 0.900 bits per heavy atom. The number of carbonyl (C=O) groups excluding carboxylic acids is 2. The molecular formula is C21H16N2O7. The molecule has 0 aliphatic carbocycles. The molecule has 0 atom stereocenters. The molecule has 0 fully saturated rings. The van der Waals surface area contributed by atoms with E-state index >= 15 is 0 Å². The van der Waals surface area contributed by atoms with Crippen LogP contribution in [0.2, 0.25) is 0 Å². The molecule has 0 spiro atoms. The number of benzene rings is 3. The lowest BCUT2D eigenvalue weighted by Gasteiger charge is -2.10. The maximum Gasteiger partial charge on any atom is 0.293 e. The van der Waals surface area contributed by atoms with Gasteiger partial charge in [-0.25, -0.2) is 0 Å². The molecule has 0 bridgehead atoms. The Bertz CT molecular complexity index is 1160. The Morgan fingerprint density at radius 3 is 2.13 bits per heavy atom. The van der Waals surface area contributed by atoms with E-state index in [1.54, 1.807) is 30.3 Å². The van der Waals surface area contributed by atoms with E-state index < -0.39 is 28.1 Å². The number of phenols is 3. The van der Waals surface area contributed by atoms with Crippen LogP contribution in [0.4, 0.5) is 11.4 Å². The number of aromatic hydroxyl groups is 3. The molecule has 0 unspecified atom stereocenters. The van der Waals surface area contributed by atoms with Crippen molar-refractivity contribution >= 4 is 23.1 Å². The number of nitrogens with one attached hydrogen (secondary N) is 1. The Kier molecular flexibility index (Phi) is 5.37. The number of phenolic OH excluding ortho intramolecular Hbond substituents is 3. The second-order valence-corrected chi connectivity index (χ2v) is 6.44. The summed E-state index contributed by atoms with van der Waals surface area (Å²) in [5.74, 6) is -3.19. The zero-order valence-corrected chi connectivity index (χ0v) is 15.6. The molecule has 0 saturated heterocycles. The highest BCUT2D eigenvalue weighted by atomic mass is 16.6. The van der Waals surface area contributed by atoms with Crippen molar-refractivity contribution < 1.29 is 29.8 Å². The predicted molar refractivity (Wildman–Crippen MR) is 108 cm³/mol. The van der Waals surface area contributed by atoms with Gasteiger partial charge in [0.2, 0.25) is 0 Å². The molecule has 30 heavy (non-hydrogen) atoms. The lowest BCUT2D eigenvalue weighted by molar-refractivity contribution is -0.383. The number of hydrogen-bond donors (Lipinski definition) is 4. The Labute approximate surface area is 170 Å². The van der Waals surface area contributed by atoms with Crippen LogP contribution in [-0.4, -0.2) is 31.9 Å². The van der Waals surface area contributed by atoms with E-state index in [4.69, 9.17) is 0 Å². The fourth-order valence-corrected chi connectivity index (χ4v) is 2.82. The number of nitrogens with zero attached hydrogens (tertiary/aromatic N) is 1. The van der Waals surface area contributed by atoms with Crippen molar-refractivity contribution in [2.45, 2.75) is 6.92 Å². The van der Waals surface area contributed by atoms with Crippen LogP contribution in [0.15, 0.2) is 54.6 Å². The minimum atomic E-state index is -0.838. The first-order valence-corrected chi connectivity index (χ1v) is 8.63. The smallest absolute Gasteiger partial charge is 0.293 e. The average molecular weight is 408 g/mol. The fraction of sp³-hybridized carbons (Fsp3) is 0.0476. The first-order chi connectivity index (χ1) is 14.2. The monoisotopic (exact) mass is 408 g/mol. The van der Waals surface area contributed by atoms with Gasteiger partial charge >= 0.3 is 0 Å². The molecule has 0 heterocycles. The maximum absolute atomic E-state index is 12.4. The zero-order valence-electron chi connectivity index (χ0n) is 15.6. The summed E-state index contributed by atoms with van der Waals surface area (Å²) >= 11 is 0. The van der Waals surface area contributed by atoms with Crippen LogP contribution >= 0.6 is 0 Å². The van der Waals surface area contributed by atoms with E-state index in [0.717, 1.165) is 12.1 Å². The normalized spacial score (nSPS) is 10.4. The molecule has 9 heteroatoms. The molecule has 152 valence electrons. The van der Waals surface area contributed by atoms with Gasteiger partial charge in [0, 0.05) is 17.2 Å². The number of anilines is 1. The van der Waals surface area contributed by atoms with Gasteiger partial charge in [-0.3, -0.25) is 19.7 Å². The largest absolute Gasteiger partial charge is 0.504 e. The highest BCUT2D eigenvalue weighted by Gasteiger charge is 2.20. The summed E-state index contributed by atoms with van der Waals surface area (Å²) in [7, 11) is 0. The van der Waals surface area contributed by atoms with Gasteiger partial charge in [-0.15, -0.1) is 0 Å². The molecule has 4 N–H and O–H groups in total. The van der Waals surface area contributed by atoms with Gasteiger partial charge in [0.15, 0.2) is 23.0 Å². The van der Waals surface area contributed by atoms with Gasteiger partial charge in [-0.05, 0) is 42.3 Å². The summed E-state index contributed by atoms with van der Waals surface area (Å²) < 4.78 is 0. The van der Waals surface area contributed by atoms with Gasteiger partial charge in [0.25, 0.3) is 11.6 Å². The van der Waals surface area contributed by atoms with E-state index in [-0.39, 0.29) is 22.7 Å². The van der Waals surface area contributed by atoms with E-state index in [2.05, 4.69) is 5.32 Å². The second-order valence-electron chi connectivity index (χ2n) is 6.44. The molecule has 1 amide bonds. The summed E-state index contributed by atoms with van der Waals surface area (Å²) in [5, 5.41) is 42.3. The van der Waals surface area contributed by atoms with Gasteiger partial charge in [-0.2, -0.15) is 0 Å². The predicted octanol–water partition coefficient (Wildman–Crippen LogP) is 3.83. The summed E-state index contributed by atoms with van der Waals surface area (Å²) in [6.45, 7) is 1.42. The summed E-state index contributed by atoms with van der Waals surface area (Å²) in [4.78, 5) is 34.9. The molecular weight excluding hydrogens is 392 g/mol. The van der Waals surface area contributed by atoms with Crippen LogP contribution in [-0.2, 0) is 0 Å². The number of ketones is 1. The number of nitro benzene ring substituents is 1. The van der Waals surface area contributed by atoms with E-state index in [9.17, 15) is 35.0 Å². The van der Waals surface area contributed by atoms with Crippen LogP contribution < -0.4 is 5.32 Å². The van der Waals surface area contributed by atoms with Crippen LogP contribution in [0.1, 0.15) is 27.6 Å². The standard InChI is InChI=1S/C21H16N2O7/c1-11(24)12-3-2-4-13(7-12)14-5-6-16(17(8-14)23(29)30)22-21(28)15-9-18(25)20(27)19(26)10-15/h2-10,25-27H,1H3,(H,22,28). The van der Waals surface area contributed by atoms with Gasteiger partial charge in [0.05, 0.1) is 4.92 Å². The lowest BCUT2D eigenvalue weighted by Crippen LogP contribution is -2.13. The van der Waals surface area contributed by atoms with Gasteiger partial charge in [-0.1, -0.05) is 24.3 Å². The zero-order chi connectivity index (χ0) is 22.0. The highest BCUT2D eigenvalue weighted by molar-refractivity contribution is 6.06. The minimum Gasteiger partial charge on any atom is -0.504 e. The number of amides is 1. The van der Waals surface area contributed by atoms with Crippen LogP contribution in [0.5, 0.6) is 17.2 Å². The third kappa shape index (κ3) is 4.04. The van der Waals surface area contributed by atoms with Crippen molar-refractivity contribution in [3.8, 4) is 28.4 Å². The number of nitro groups is 1. The maximum atomic E-state index is 12.4. The Balaban J connectivity index is 1.97. The van der Waals surface area contributed by atoms with Gasteiger partial charge < -0.3 is 20.6 Å². The molecule has 3 rings (SSSR count). The molecule has 0 aromatic heterocycles. The topological polar surface area (TPSA) is 150 Å². The highest BCUT2D eigenvalue weighted by Crippen LogP contribution is 2.36. The molecule has 3 aromatic carbocycles. The fourth-order valence-electron chi connectivity index (χ4n) is 2.82. The third-order valence-electron chi connectivity index (χ3n) is 4.38. The molecule has 0 saturated carbocycles. The van der Waals surface area contributed by atoms with Crippen LogP contribution in [0.25, 0.3) is 11.1 Å². The summed E-state index contributed by atoms with van der Waals surface area (Å²) in [5.41, 5.74) is 0.819.